The predicted molar refractivity (Wildman–Crippen MR) is 105 cm³/mol. The van der Waals surface area contributed by atoms with Gasteiger partial charge in [-0.1, -0.05) is 18.1 Å². The Morgan fingerprint density at radius 1 is 1.41 bits per heavy atom. The quantitative estimate of drug-likeness (QED) is 0.707. The molecular formula is C19H25FN4O4S. The Hall–Kier alpha value is -2.30. The van der Waals surface area contributed by atoms with Gasteiger partial charge in [0, 0.05) is 18.7 Å². The second kappa shape index (κ2) is 9.02. The van der Waals surface area contributed by atoms with Crippen LogP contribution in [0.15, 0.2) is 39.8 Å². The molecule has 8 nitrogen and oxygen atoms in total. The Balaban J connectivity index is 1.66. The highest BCUT2D eigenvalue weighted by Gasteiger charge is 2.31. The fourth-order valence-electron chi connectivity index (χ4n) is 3.55. The van der Waals surface area contributed by atoms with Crippen molar-refractivity contribution in [3.8, 4) is 0 Å². The lowest BCUT2D eigenvalue weighted by Gasteiger charge is -2.37. The number of nitrogens with one attached hydrogen (secondary N) is 2. The first-order valence-electron chi connectivity index (χ1n) is 9.54. The van der Waals surface area contributed by atoms with E-state index in [1.54, 1.807) is 13.0 Å². The predicted octanol–water partition coefficient (Wildman–Crippen LogP) is 2.28. The summed E-state index contributed by atoms with van der Waals surface area (Å²) >= 11 is 0. The lowest BCUT2D eigenvalue weighted by molar-refractivity contribution is -0.122. The molecule has 0 saturated carbocycles. The van der Waals surface area contributed by atoms with Crippen molar-refractivity contribution < 1.29 is 22.1 Å². The summed E-state index contributed by atoms with van der Waals surface area (Å²) in [5.74, 6) is 0.128. The van der Waals surface area contributed by atoms with Crippen LogP contribution in [0.2, 0.25) is 0 Å². The minimum Gasteiger partial charge on any atom is -0.360 e. The number of hydrogen-bond donors (Lipinski definition) is 2. The zero-order chi connectivity index (χ0) is 21.0. The molecule has 0 radical (unpaired) electrons. The van der Waals surface area contributed by atoms with Crippen LogP contribution in [0, 0.1) is 12.7 Å². The number of sulfonamides is 1. The van der Waals surface area contributed by atoms with Gasteiger partial charge < -0.3 is 9.84 Å². The van der Waals surface area contributed by atoms with Crippen LogP contribution in [0.25, 0.3) is 0 Å². The normalized spacial score (nSPS) is 19.1. The van der Waals surface area contributed by atoms with Gasteiger partial charge in [-0.25, -0.2) is 17.5 Å². The number of carbonyl (C=O) groups excluding carboxylic acids is 1. The number of carbonyl (C=O) groups is 1. The topological polar surface area (TPSA) is 105 Å². The first-order chi connectivity index (χ1) is 13.8. The molecule has 0 spiro atoms. The smallest absolute Gasteiger partial charge is 0.242 e. The molecule has 2 N–H and O–H groups in total. The number of rotatable bonds is 7. The zero-order valence-electron chi connectivity index (χ0n) is 16.4. The summed E-state index contributed by atoms with van der Waals surface area (Å²) in [6.45, 7) is 4.71. The molecule has 1 amide bonds. The van der Waals surface area contributed by atoms with Gasteiger partial charge in [-0.15, -0.1) is 0 Å². The SMILES string of the molecule is CCC(C(=O)Nc1cc(C)on1)N1CCCC(NS(=O)(=O)c2cccc(F)c2)C1. The molecule has 158 valence electrons. The van der Waals surface area contributed by atoms with Crippen molar-refractivity contribution in [2.24, 2.45) is 0 Å². The largest absolute Gasteiger partial charge is 0.360 e. The van der Waals surface area contributed by atoms with Crippen LogP contribution in [-0.2, 0) is 14.8 Å². The van der Waals surface area contributed by atoms with Gasteiger partial charge in [-0.2, -0.15) is 0 Å². The molecule has 1 aliphatic rings. The molecule has 0 bridgehead atoms. The van der Waals surface area contributed by atoms with Crippen molar-refractivity contribution in [3.63, 3.8) is 0 Å². The van der Waals surface area contributed by atoms with Gasteiger partial charge in [0.05, 0.1) is 10.9 Å². The van der Waals surface area contributed by atoms with Crippen LogP contribution in [0.1, 0.15) is 31.9 Å². The number of benzene rings is 1. The van der Waals surface area contributed by atoms with Crippen LogP contribution < -0.4 is 10.0 Å². The van der Waals surface area contributed by atoms with Crippen LogP contribution in [0.3, 0.4) is 0 Å². The number of aromatic nitrogens is 1. The van der Waals surface area contributed by atoms with E-state index in [9.17, 15) is 17.6 Å². The van der Waals surface area contributed by atoms with Gasteiger partial charge in [-0.05, 0) is 50.9 Å². The number of piperidine rings is 1. The van der Waals surface area contributed by atoms with Crippen LogP contribution >= 0.6 is 0 Å². The summed E-state index contributed by atoms with van der Waals surface area (Å²) in [5.41, 5.74) is 0. The highest BCUT2D eigenvalue weighted by Crippen LogP contribution is 2.19. The average molecular weight is 424 g/mol. The molecular weight excluding hydrogens is 399 g/mol. The van der Waals surface area contributed by atoms with Gasteiger partial charge >= 0.3 is 0 Å². The third-order valence-corrected chi connectivity index (χ3v) is 6.41. The molecule has 2 aromatic rings. The first kappa shape index (κ1) is 21.4. The Morgan fingerprint density at radius 3 is 2.86 bits per heavy atom. The molecule has 1 saturated heterocycles. The second-order valence-corrected chi connectivity index (χ2v) is 8.86. The fraction of sp³-hybridized carbons (Fsp3) is 0.474. The minimum atomic E-state index is -3.84. The third-order valence-electron chi connectivity index (χ3n) is 4.89. The van der Waals surface area contributed by atoms with Gasteiger partial charge in [-0.3, -0.25) is 9.69 Å². The molecule has 2 heterocycles. The average Bonchev–Trinajstić information content (AvgIpc) is 3.07. The summed E-state index contributed by atoms with van der Waals surface area (Å²) in [6, 6.07) is 5.75. The van der Waals surface area contributed by atoms with Crippen LogP contribution in [0.4, 0.5) is 10.2 Å². The molecule has 1 aliphatic heterocycles. The summed E-state index contributed by atoms with van der Waals surface area (Å²) in [5, 5.41) is 6.51. The van der Waals surface area contributed by atoms with E-state index in [4.69, 9.17) is 4.52 Å². The monoisotopic (exact) mass is 424 g/mol. The van der Waals surface area contributed by atoms with E-state index < -0.39 is 21.9 Å². The van der Waals surface area contributed by atoms with E-state index in [0.717, 1.165) is 12.5 Å². The van der Waals surface area contributed by atoms with E-state index in [-0.39, 0.29) is 16.8 Å². The molecule has 2 atom stereocenters. The first-order valence-corrected chi connectivity index (χ1v) is 11.0. The Kier molecular flexibility index (Phi) is 6.66. The Labute approximate surface area is 169 Å². The number of aryl methyl sites for hydroxylation is 1. The number of hydrogen-bond acceptors (Lipinski definition) is 6. The van der Waals surface area contributed by atoms with Crippen molar-refractivity contribution >= 4 is 21.7 Å². The summed E-state index contributed by atoms with van der Waals surface area (Å²) in [6.07, 6.45) is 1.95. The summed E-state index contributed by atoms with van der Waals surface area (Å²) in [4.78, 5) is 14.5. The molecule has 1 aromatic heterocycles. The second-order valence-electron chi connectivity index (χ2n) is 7.15. The molecule has 3 rings (SSSR count). The fourth-order valence-corrected chi connectivity index (χ4v) is 4.84. The van der Waals surface area contributed by atoms with Crippen molar-refractivity contribution in [1.29, 1.82) is 0 Å². The maximum absolute atomic E-state index is 13.4. The molecule has 1 aromatic carbocycles. The lowest BCUT2D eigenvalue weighted by atomic mass is 10.0. The van der Waals surface area contributed by atoms with E-state index >= 15 is 0 Å². The molecule has 1 fully saturated rings. The number of amides is 1. The van der Waals surface area contributed by atoms with Crippen LogP contribution in [0.5, 0.6) is 0 Å². The number of halogens is 1. The van der Waals surface area contributed by atoms with Crippen molar-refractivity contribution in [1.82, 2.24) is 14.8 Å². The Bertz CT molecular complexity index is 963. The van der Waals surface area contributed by atoms with Crippen molar-refractivity contribution in [3.05, 3.63) is 41.9 Å². The van der Waals surface area contributed by atoms with Crippen molar-refractivity contribution in [2.75, 3.05) is 18.4 Å². The van der Waals surface area contributed by atoms with E-state index in [0.29, 0.717) is 37.5 Å². The Morgan fingerprint density at radius 2 is 2.21 bits per heavy atom. The maximum atomic E-state index is 13.4. The van der Waals surface area contributed by atoms with Gasteiger partial charge in [0.15, 0.2) is 5.82 Å². The zero-order valence-corrected chi connectivity index (χ0v) is 17.2. The van der Waals surface area contributed by atoms with E-state index in [2.05, 4.69) is 15.2 Å². The lowest BCUT2D eigenvalue weighted by Crippen LogP contribution is -2.53. The third kappa shape index (κ3) is 5.40. The number of likely N-dealkylation sites (tertiary alicyclic amines) is 1. The number of nitrogens with zero attached hydrogens (tertiary/aromatic N) is 2. The minimum absolute atomic E-state index is 0.110. The van der Waals surface area contributed by atoms with Crippen LogP contribution in [-0.4, -0.2) is 49.6 Å². The van der Waals surface area contributed by atoms with Gasteiger partial charge in [0.2, 0.25) is 15.9 Å². The van der Waals surface area contributed by atoms with E-state index in [1.165, 1.54) is 18.2 Å². The van der Waals surface area contributed by atoms with Gasteiger partial charge in [0.1, 0.15) is 11.6 Å². The summed E-state index contributed by atoms with van der Waals surface area (Å²) < 4.78 is 46.2. The molecule has 10 heteroatoms. The molecule has 2 unspecified atom stereocenters. The van der Waals surface area contributed by atoms with E-state index in [1.807, 2.05) is 11.8 Å². The highest BCUT2D eigenvalue weighted by atomic mass is 32.2. The molecule has 0 aliphatic carbocycles. The highest BCUT2D eigenvalue weighted by molar-refractivity contribution is 7.89. The van der Waals surface area contributed by atoms with Gasteiger partial charge in [0.25, 0.3) is 0 Å². The standard InChI is InChI=1S/C19H25FN4O4S/c1-3-17(19(25)21-18-10-13(2)28-22-18)24-9-5-7-15(12-24)23-29(26,27)16-8-4-6-14(20)11-16/h4,6,8,10-11,15,17,23H,3,5,7,9,12H2,1-2H3,(H,21,22,25). The number of anilines is 1. The maximum Gasteiger partial charge on any atom is 0.242 e. The molecule has 29 heavy (non-hydrogen) atoms. The summed E-state index contributed by atoms with van der Waals surface area (Å²) in [7, 11) is -3.84. The van der Waals surface area contributed by atoms with Crippen molar-refractivity contribution in [2.45, 2.75) is 50.1 Å².